The Hall–Kier alpha value is -2.21. The van der Waals surface area contributed by atoms with Gasteiger partial charge in [-0.15, -0.1) is 11.3 Å². The zero-order valence-electron chi connectivity index (χ0n) is 19.5. The zero-order chi connectivity index (χ0) is 25.3. The molecule has 1 aromatic heterocycles. The molecule has 3 aliphatic rings. The Labute approximate surface area is 200 Å². The zero-order valence-corrected chi connectivity index (χ0v) is 20.3. The van der Waals surface area contributed by atoms with Crippen molar-refractivity contribution in [2.24, 2.45) is 11.8 Å². The van der Waals surface area contributed by atoms with Crippen molar-refractivity contribution < 1.29 is 32.7 Å². The number of aliphatic carboxylic acids is 1. The Kier molecular flexibility index (Phi) is 7.91. The minimum absolute atomic E-state index is 0.0275. The van der Waals surface area contributed by atoms with Gasteiger partial charge in [0.05, 0.1) is 10.9 Å². The molecule has 8 nitrogen and oxygen atoms in total. The highest BCUT2D eigenvalue weighted by molar-refractivity contribution is 7.09. The number of rotatable bonds is 4. The Balaban J connectivity index is 0.000000406. The van der Waals surface area contributed by atoms with E-state index in [1.54, 1.807) is 0 Å². The highest BCUT2D eigenvalue weighted by atomic mass is 32.1. The molecule has 0 radical (unpaired) electrons. The second kappa shape index (κ2) is 10.2. The molecule has 0 bridgehead atoms. The fourth-order valence-corrected chi connectivity index (χ4v) is 5.87. The Morgan fingerprint density at radius 2 is 1.94 bits per heavy atom. The molecule has 34 heavy (non-hydrogen) atoms. The SMILES string of the molecule is CCCC(C)N1C[C@H]2C(=O)NC3(CCN(C(=O)c4csc(C)n4)CC3)[C@H]2C1.O=C(O)C(F)(F)F. The number of carbonyl (C=O) groups is 3. The molecule has 1 spiro atoms. The van der Waals surface area contributed by atoms with Crippen LogP contribution in [0.4, 0.5) is 13.2 Å². The minimum Gasteiger partial charge on any atom is -0.475 e. The fourth-order valence-electron chi connectivity index (χ4n) is 5.28. The molecule has 1 unspecified atom stereocenters. The number of carbonyl (C=O) groups excluding carboxylic acids is 2. The van der Waals surface area contributed by atoms with Crippen LogP contribution in [0.3, 0.4) is 0 Å². The number of piperidine rings is 1. The molecule has 0 aliphatic carbocycles. The number of hydrogen-bond acceptors (Lipinski definition) is 6. The van der Waals surface area contributed by atoms with Crippen molar-refractivity contribution >= 4 is 29.1 Å². The number of halogens is 3. The maximum absolute atomic E-state index is 12.7. The number of thiazole rings is 1. The van der Waals surface area contributed by atoms with Gasteiger partial charge in [-0.1, -0.05) is 13.3 Å². The summed E-state index contributed by atoms with van der Waals surface area (Å²) < 4.78 is 31.7. The van der Waals surface area contributed by atoms with E-state index in [9.17, 15) is 22.8 Å². The maximum atomic E-state index is 12.7. The van der Waals surface area contributed by atoms with E-state index in [0.29, 0.717) is 30.7 Å². The lowest BCUT2D eigenvalue weighted by atomic mass is 9.75. The van der Waals surface area contributed by atoms with Gasteiger partial charge >= 0.3 is 12.1 Å². The lowest BCUT2D eigenvalue weighted by Crippen LogP contribution is -2.56. The van der Waals surface area contributed by atoms with Gasteiger partial charge in [0.25, 0.3) is 5.91 Å². The highest BCUT2D eigenvalue weighted by Gasteiger charge is 2.57. The van der Waals surface area contributed by atoms with Gasteiger partial charge in [0.1, 0.15) is 5.69 Å². The number of aromatic nitrogens is 1. The standard InChI is InChI=1S/C20H30N4O2S.C2HF3O2/c1-4-5-13(2)24-10-15-16(11-24)20(22-18(15)25)6-8-23(9-7-20)19(26)17-12-27-14(3)21-17;3-2(4,5)1(6)7/h12-13,15-16H,4-11H2,1-3H3,(H,22,25);(H,6,7)/t13?,15-,16+;/m1./s1. The number of alkyl halides is 3. The van der Waals surface area contributed by atoms with Crippen LogP contribution >= 0.6 is 11.3 Å². The first-order valence-corrected chi connectivity index (χ1v) is 12.3. The summed E-state index contributed by atoms with van der Waals surface area (Å²) in [5, 5.41) is 13.2. The molecule has 2 amide bonds. The molecular formula is C22H31F3N4O4S. The molecule has 3 atom stereocenters. The Morgan fingerprint density at radius 3 is 2.44 bits per heavy atom. The molecule has 3 aliphatic heterocycles. The third-order valence-corrected chi connectivity index (χ3v) is 7.89. The molecule has 4 rings (SSSR count). The van der Waals surface area contributed by atoms with Gasteiger partial charge in [-0.25, -0.2) is 9.78 Å². The minimum atomic E-state index is -5.08. The van der Waals surface area contributed by atoms with E-state index in [-0.39, 0.29) is 23.3 Å². The van der Waals surface area contributed by atoms with E-state index in [1.165, 1.54) is 24.2 Å². The Bertz CT molecular complexity index is 914. The largest absolute Gasteiger partial charge is 0.490 e. The smallest absolute Gasteiger partial charge is 0.475 e. The number of likely N-dealkylation sites (tertiary alicyclic amines) is 2. The molecule has 1 aromatic rings. The summed E-state index contributed by atoms with van der Waals surface area (Å²) in [6.45, 7) is 9.72. The van der Waals surface area contributed by atoms with E-state index < -0.39 is 12.1 Å². The summed E-state index contributed by atoms with van der Waals surface area (Å²) in [5.74, 6) is -2.01. The van der Waals surface area contributed by atoms with Crippen molar-refractivity contribution in [1.82, 2.24) is 20.1 Å². The lowest BCUT2D eigenvalue weighted by Gasteiger charge is -2.43. The van der Waals surface area contributed by atoms with Crippen molar-refractivity contribution in [3.8, 4) is 0 Å². The third-order valence-electron chi connectivity index (χ3n) is 7.12. The van der Waals surface area contributed by atoms with E-state index in [1.807, 2.05) is 17.2 Å². The van der Waals surface area contributed by atoms with Crippen LogP contribution in [0.15, 0.2) is 5.38 Å². The van der Waals surface area contributed by atoms with Crippen LogP contribution in [0.25, 0.3) is 0 Å². The summed E-state index contributed by atoms with van der Waals surface area (Å²) in [6.07, 6.45) is -1.02. The molecule has 3 fully saturated rings. The molecule has 2 N–H and O–H groups in total. The van der Waals surface area contributed by atoms with Crippen molar-refractivity contribution in [1.29, 1.82) is 0 Å². The third kappa shape index (κ3) is 5.54. The van der Waals surface area contributed by atoms with Gasteiger partial charge < -0.3 is 15.3 Å². The molecule has 190 valence electrons. The second-order valence-electron chi connectivity index (χ2n) is 9.30. The molecule has 12 heteroatoms. The predicted molar refractivity (Wildman–Crippen MR) is 119 cm³/mol. The van der Waals surface area contributed by atoms with Crippen molar-refractivity contribution in [2.45, 2.75) is 64.2 Å². The first-order chi connectivity index (χ1) is 15.9. The number of aryl methyl sites for hydroxylation is 1. The number of carboxylic acids is 1. The van der Waals surface area contributed by atoms with Crippen LogP contribution in [-0.4, -0.2) is 81.6 Å². The second-order valence-corrected chi connectivity index (χ2v) is 10.4. The van der Waals surface area contributed by atoms with Gasteiger partial charge in [-0.05, 0) is 33.1 Å². The molecule has 3 saturated heterocycles. The summed E-state index contributed by atoms with van der Waals surface area (Å²) in [4.78, 5) is 43.0. The van der Waals surface area contributed by atoms with Crippen molar-refractivity contribution in [3.63, 3.8) is 0 Å². The average molecular weight is 505 g/mol. The van der Waals surface area contributed by atoms with E-state index in [0.717, 1.165) is 30.9 Å². The van der Waals surface area contributed by atoms with Crippen LogP contribution in [0.5, 0.6) is 0 Å². The van der Waals surface area contributed by atoms with E-state index in [2.05, 4.69) is 29.0 Å². The highest BCUT2D eigenvalue weighted by Crippen LogP contribution is 2.44. The van der Waals surface area contributed by atoms with Crippen molar-refractivity contribution in [2.75, 3.05) is 26.2 Å². The van der Waals surface area contributed by atoms with Crippen LogP contribution in [-0.2, 0) is 9.59 Å². The van der Waals surface area contributed by atoms with E-state index in [4.69, 9.17) is 9.90 Å². The number of nitrogens with one attached hydrogen (secondary N) is 1. The fraction of sp³-hybridized carbons (Fsp3) is 0.727. The molecular weight excluding hydrogens is 473 g/mol. The number of carboxylic acid groups (broad SMARTS) is 1. The summed E-state index contributed by atoms with van der Waals surface area (Å²) >= 11 is 1.51. The number of hydrogen-bond donors (Lipinski definition) is 2. The quantitative estimate of drug-likeness (QED) is 0.654. The molecule has 4 heterocycles. The topological polar surface area (TPSA) is 103 Å². The van der Waals surface area contributed by atoms with Crippen molar-refractivity contribution in [3.05, 3.63) is 16.1 Å². The summed E-state index contributed by atoms with van der Waals surface area (Å²) in [6, 6.07) is 0.542. The van der Waals surface area contributed by atoms with Gasteiger partial charge in [0.2, 0.25) is 5.91 Å². The summed E-state index contributed by atoms with van der Waals surface area (Å²) in [5.41, 5.74) is 0.430. The number of amides is 2. The van der Waals surface area contributed by atoms with Gasteiger partial charge in [0.15, 0.2) is 0 Å². The van der Waals surface area contributed by atoms with Crippen LogP contribution in [0.2, 0.25) is 0 Å². The molecule has 0 saturated carbocycles. The van der Waals surface area contributed by atoms with Gasteiger partial charge in [0, 0.05) is 49.1 Å². The van der Waals surface area contributed by atoms with Gasteiger partial charge in [-0.2, -0.15) is 13.2 Å². The van der Waals surface area contributed by atoms with E-state index >= 15 is 0 Å². The summed E-state index contributed by atoms with van der Waals surface area (Å²) in [7, 11) is 0. The monoisotopic (exact) mass is 504 g/mol. The van der Waals surface area contributed by atoms with Gasteiger partial charge in [-0.3, -0.25) is 14.5 Å². The predicted octanol–water partition coefficient (Wildman–Crippen LogP) is 2.93. The normalized spacial score (nSPS) is 24.9. The first kappa shape index (κ1) is 26.4. The first-order valence-electron chi connectivity index (χ1n) is 11.5. The Morgan fingerprint density at radius 1 is 1.32 bits per heavy atom. The van der Waals surface area contributed by atoms with Crippen LogP contribution in [0.1, 0.15) is 55.0 Å². The lowest BCUT2D eigenvalue weighted by molar-refractivity contribution is -0.192. The van der Waals surface area contributed by atoms with Crippen LogP contribution < -0.4 is 5.32 Å². The number of nitrogens with zero attached hydrogens (tertiary/aromatic N) is 3. The number of fused-ring (bicyclic) bond motifs is 2. The van der Waals surface area contributed by atoms with Crippen LogP contribution in [0, 0.1) is 18.8 Å². The molecule has 0 aromatic carbocycles. The average Bonchev–Trinajstić information content (AvgIpc) is 3.46. The maximum Gasteiger partial charge on any atom is 0.490 e.